The van der Waals surface area contributed by atoms with Crippen LogP contribution in [0.3, 0.4) is 0 Å². The summed E-state index contributed by atoms with van der Waals surface area (Å²) in [5.41, 5.74) is 0. The molecule has 5 heteroatoms. The van der Waals surface area contributed by atoms with Crippen LogP contribution in [0.4, 0.5) is 0 Å². The van der Waals surface area contributed by atoms with Gasteiger partial charge in [-0.1, -0.05) is 0 Å². The molecule has 0 amide bonds. The maximum Gasteiger partial charge on any atom is 0.309 e. The fraction of sp³-hybridized carbons (Fsp3) is 0.667. The van der Waals surface area contributed by atoms with Crippen LogP contribution >= 0.6 is 0 Å². The van der Waals surface area contributed by atoms with Gasteiger partial charge in [0.05, 0.1) is 25.2 Å². The van der Waals surface area contributed by atoms with Crippen molar-refractivity contribution in [3.63, 3.8) is 0 Å². The normalized spacial score (nSPS) is 15.8. The van der Waals surface area contributed by atoms with Crippen molar-refractivity contribution in [3.05, 3.63) is 24.3 Å². The first-order valence-corrected chi connectivity index (χ1v) is 9.87. The first-order chi connectivity index (χ1) is 12.6. The third kappa shape index (κ3) is 7.24. The van der Waals surface area contributed by atoms with Gasteiger partial charge in [-0.2, -0.15) is 0 Å². The van der Waals surface area contributed by atoms with E-state index in [2.05, 4.69) is 4.90 Å². The number of rotatable bonds is 10. The SMILES string of the molecule is CCOC(=O)C1CCN(CCCCOc2ccc(OC(C)C)cc2)CC1. The van der Waals surface area contributed by atoms with Gasteiger partial charge in [0, 0.05) is 0 Å². The van der Waals surface area contributed by atoms with Crippen LogP contribution in [0.2, 0.25) is 0 Å². The zero-order valence-corrected chi connectivity index (χ0v) is 16.4. The lowest BCUT2D eigenvalue weighted by Crippen LogP contribution is -2.37. The first-order valence-electron chi connectivity index (χ1n) is 9.87. The van der Waals surface area contributed by atoms with Crippen molar-refractivity contribution < 1.29 is 19.0 Å². The van der Waals surface area contributed by atoms with Crippen molar-refractivity contribution in [2.45, 2.75) is 52.6 Å². The summed E-state index contributed by atoms with van der Waals surface area (Å²) in [6, 6.07) is 7.81. The number of hydrogen-bond acceptors (Lipinski definition) is 5. The number of hydrogen-bond donors (Lipinski definition) is 0. The number of carbonyl (C=O) groups is 1. The molecule has 1 saturated heterocycles. The van der Waals surface area contributed by atoms with Crippen LogP contribution in [0.1, 0.15) is 46.5 Å². The van der Waals surface area contributed by atoms with Crippen molar-refractivity contribution in [3.8, 4) is 11.5 Å². The molecule has 0 radical (unpaired) electrons. The van der Waals surface area contributed by atoms with Gasteiger partial charge in [0.1, 0.15) is 11.5 Å². The van der Waals surface area contributed by atoms with Gasteiger partial charge in [-0.05, 0) is 90.4 Å². The molecule has 1 aliphatic heterocycles. The molecule has 0 unspecified atom stereocenters. The molecule has 146 valence electrons. The van der Waals surface area contributed by atoms with E-state index < -0.39 is 0 Å². The van der Waals surface area contributed by atoms with Gasteiger partial charge in [0.15, 0.2) is 0 Å². The topological polar surface area (TPSA) is 48.0 Å². The summed E-state index contributed by atoms with van der Waals surface area (Å²) in [5.74, 6) is 1.83. The Bertz CT molecular complexity index is 521. The second-order valence-corrected chi connectivity index (χ2v) is 7.06. The van der Waals surface area contributed by atoms with Gasteiger partial charge in [0.2, 0.25) is 0 Å². The van der Waals surface area contributed by atoms with Crippen molar-refractivity contribution in [1.29, 1.82) is 0 Å². The number of benzene rings is 1. The Morgan fingerprint density at radius 1 is 1.12 bits per heavy atom. The largest absolute Gasteiger partial charge is 0.494 e. The van der Waals surface area contributed by atoms with Crippen LogP contribution < -0.4 is 9.47 Å². The van der Waals surface area contributed by atoms with Crippen LogP contribution in [0.15, 0.2) is 24.3 Å². The molecule has 0 atom stereocenters. The molecule has 26 heavy (non-hydrogen) atoms. The van der Waals surface area contributed by atoms with E-state index in [-0.39, 0.29) is 18.0 Å². The number of unbranched alkanes of at least 4 members (excludes halogenated alkanes) is 1. The highest BCUT2D eigenvalue weighted by Crippen LogP contribution is 2.20. The van der Waals surface area contributed by atoms with Crippen LogP contribution in [-0.2, 0) is 9.53 Å². The summed E-state index contributed by atoms with van der Waals surface area (Å²) in [4.78, 5) is 14.2. The number of esters is 1. The van der Waals surface area contributed by atoms with Crippen molar-refractivity contribution in [2.75, 3.05) is 32.8 Å². The third-order valence-corrected chi connectivity index (χ3v) is 4.54. The van der Waals surface area contributed by atoms with Gasteiger partial charge in [-0.3, -0.25) is 4.79 Å². The highest BCUT2D eigenvalue weighted by Gasteiger charge is 2.25. The smallest absolute Gasteiger partial charge is 0.309 e. The molecule has 1 heterocycles. The van der Waals surface area contributed by atoms with Crippen LogP contribution in [0, 0.1) is 5.92 Å². The average molecular weight is 363 g/mol. The van der Waals surface area contributed by atoms with Gasteiger partial charge >= 0.3 is 5.97 Å². The van der Waals surface area contributed by atoms with Crippen LogP contribution in [-0.4, -0.2) is 49.8 Å². The quantitative estimate of drug-likeness (QED) is 0.466. The second-order valence-electron chi connectivity index (χ2n) is 7.06. The summed E-state index contributed by atoms with van der Waals surface area (Å²) in [5, 5.41) is 0. The second kappa shape index (κ2) is 11.1. The van der Waals surface area contributed by atoms with Crippen LogP contribution in [0.25, 0.3) is 0 Å². The lowest BCUT2D eigenvalue weighted by Gasteiger charge is -2.30. The lowest BCUT2D eigenvalue weighted by molar-refractivity contribution is -0.149. The fourth-order valence-electron chi connectivity index (χ4n) is 3.17. The van der Waals surface area contributed by atoms with Gasteiger partial charge in [0.25, 0.3) is 0 Å². The highest BCUT2D eigenvalue weighted by atomic mass is 16.5. The monoisotopic (exact) mass is 363 g/mol. The minimum absolute atomic E-state index is 0.0228. The zero-order chi connectivity index (χ0) is 18.8. The first kappa shape index (κ1) is 20.6. The predicted octanol–water partition coefficient (Wildman–Crippen LogP) is 3.91. The molecule has 1 aliphatic rings. The molecule has 0 saturated carbocycles. The van der Waals surface area contributed by atoms with E-state index >= 15 is 0 Å². The number of likely N-dealkylation sites (tertiary alicyclic amines) is 1. The Morgan fingerprint density at radius 2 is 1.77 bits per heavy atom. The molecule has 2 rings (SSSR count). The molecule has 0 aliphatic carbocycles. The molecule has 0 bridgehead atoms. The van der Waals surface area contributed by atoms with Gasteiger partial charge in [-0.25, -0.2) is 0 Å². The molecule has 1 aromatic rings. The highest BCUT2D eigenvalue weighted by molar-refractivity contribution is 5.72. The predicted molar refractivity (Wildman–Crippen MR) is 103 cm³/mol. The Labute approximate surface area is 157 Å². The van der Waals surface area contributed by atoms with E-state index in [4.69, 9.17) is 14.2 Å². The third-order valence-electron chi connectivity index (χ3n) is 4.54. The fourth-order valence-corrected chi connectivity index (χ4v) is 3.17. The van der Waals surface area contributed by atoms with E-state index in [9.17, 15) is 4.79 Å². The van der Waals surface area contributed by atoms with E-state index in [1.165, 1.54) is 0 Å². The molecular weight excluding hydrogens is 330 g/mol. The molecule has 0 N–H and O–H groups in total. The van der Waals surface area contributed by atoms with Crippen molar-refractivity contribution in [2.24, 2.45) is 5.92 Å². The average Bonchev–Trinajstić information content (AvgIpc) is 2.63. The van der Waals surface area contributed by atoms with E-state index in [0.717, 1.165) is 63.4 Å². The Kier molecular flexibility index (Phi) is 8.75. The van der Waals surface area contributed by atoms with E-state index in [0.29, 0.717) is 6.61 Å². The van der Waals surface area contributed by atoms with Gasteiger partial charge in [-0.15, -0.1) is 0 Å². The summed E-state index contributed by atoms with van der Waals surface area (Å²) < 4.78 is 16.5. The molecular formula is C21H33NO4. The van der Waals surface area contributed by atoms with Crippen molar-refractivity contribution in [1.82, 2.24) is 4.90 Å². The maximum atomic E-state index is 11.7. The lowest BCUT2D eigenvalue weighted by atomic mass is 9.97. The summed E-state index contributed by atoms with van der Waals surface area (Å²) in [6.07, 6.45) is 4.16. The molecule has 1 fully saturated rings. The van der Waals surface area contributed by atoms with Crippen molar-refractivity contribution >= 4 is 5.97 Å². The number of piperidine rings is 1. The summed E-state index contributed by atoms with van der Waals surface area (Å²) in [6.45, 7) is 10.1. The maximum absolute atomic E-state index is 11.7. The zero-order valence-electron chi connectivity index (χ0n) is 16.4. The minimum atomic E-state index is -0.0228. The summed E-state index contributed by atoms with van der Waals surface area (Å²) >= 11 is 0. The van der Waals surface area contributed by atoms with Crippen LogP contribution in [0.5, 0.6) is 11.5 Å². The number of nitrogens with zero attached hydrogens (tertiary/aromatic N) is 1. The molecule has 1 aromatic carbocycles. The Balaban J connectivity index is 1.55. The number of ether oxygens (including phenoxy) is 3. The van der Waals surface area contributed by atoms with E-state index in [1.807, 2.05) is 45.0 Å². The Morgan fingerprint density at radius 3 is 2.38 bits per heavy atom. The molecule has 0 spiro atoms. The molecule has 0 aromatic heterocycles. The molecule has 5 nitrogen and oxygen atoms in total. The standard InChI is InChI=1S/C21H33NO4/c1-4-24-21(23)18-11-14-22(15-12-18)13-5-6-16-25-19-7-9-20(10-8-19)26-17(2)3/h7-10,17-18H,4-6,11-16H2,1-3H3. The van der Waals surface area contributed by atoms with E-state index in [1.54, 1.807) is 0 Å². The minimum Gasteiger partial charge on any atom is -0.494 e. The van der Waals surface area contributed by atoms with Gasteiger partial charge < -0.3 is 19.1 Å². The Hall–Kier alpha value is -1.75. The summed E-state index contributed by atoms with van der Waals surface area (Å²) in [7, 11) is 0. The number of carbonyl (C=O) groups excluding carboxylic acids is 1.